The Bertz CT molecular complexity index is 461. The summed E-state index contributed by atoms with van der Waals surface area (Å²) in [6.45, 7) is 5.23. The first-order chi connectivity index (χ1) is 8.50. The van der Waals surface area contributed by atoms with E-state index >= 15 is 0 Å². The Labute approximate surface area is 122 Å². The van der Waals surface area contributed by atoms with Crippen molar-refractivity contribution >= 4 is 34.5 Å². The Balaban J connectivity index is 2.28. The van der Waals surface area contributed by atoms with E-state index in [2.05, 4.69) is 42.4 Å². The van der Waals surface area contributed by atoms with E-state index in [0.717, 1.165) is 34.3 Å². The van der Waals surface area contributed by atoms with Crippen molar-refractivity contribution in [3.8, 4) is 0 Å². The second kappa shape index (κ2) is 5.66. The number of carbonyl (C=O) groups is 1. The predicted molar refractivity (Wildman–Crippen MR) is 80.3 cm³/mol. The highest BCUT2D eigenvalue weighted by atomic mass is 79.9. The predicted octanol–water partition coefficient (Wildman–Crippen LogP) is 4.00. The van der Waals surface area contributed by atoms with Crippen LogP contribution in [0.15, 0.2) is 27.6 Å². The summed E-state index contributed by atoms with van der Waals surface area (Å²) in [7, 11) is 0. The van der Waals surface area contributed by atoms with Crippen molar-refractivity contribution in [3.05, 3.63) is 28.2 Å². The normalized spacial score (nSPS) is 19.6. The number of benzene rings is 1. The number of halogens is 1. The third kappa shape index (κ3) is 2.75. The molecule has 0 N–H and O–H groups in total. The highest BCUT2D eigenvalue weighted by Crippen LogP contribution is 2.28. The molecule has 1 aliphatic rings. The van der Waals surface area contributed by atoms with E-state index in [0.29, 0.717) is 12.0 Å². The molecule has 0 spiro atoms. The summed E-state index contributed by atoms with van der Waals surface area (Å²) in [4.78, 5) is 15.4. The first-order valence-corrected chi connectivity index (χ1v) is 7.54. The Morgan fingerprint density at radius 3 is 2.89 bits per heavy atom. The van der Waals surface area contributed by atoms with Crippen LogP contribution < -0.4 is 0 Å². The van der Waals surface area contributed by atoms with Crippen molar-refractivity contribution in [1.29, 1.82) is 0 Å². The highest BCUT2D eigenvalue weighted by molar-refractivity contribution is 9.10. The summed E-state index contributed by atoms with van der Waals surface area (Å²) in [6.07, 6.45) is 2.22. The van der Waals surface area contributed by atoms with Gasteiger partial charge in [-0.05, 0) is 52.9 Å². The molecule has 18 heavy (non-hydrogen) atoms. The molecule has 0 aromatic heterocycles. The van der Waals surface area contributed by atoms with Crippen LogP contribution >= 0.6 is 28.6 Å². The molecule has 2 rings (SSSR count). The lowest BCUT2D eigenvalue weighted by molar-refractivity contribution is 0.0700. The number of nitrogens with zero attached hydrogens (tertiary/aromatic N) is 1. The number of thiol groups is 1. The van der Waals surface area contributed by atoms with Crippen LogP contribution in [0.2, 0.25) is 0 Å². The van der Waals surface area contributed by atoms with E-state index in [1.165, 1.54) is 0 Å². The number of likely N-dealkylation sites (tertiary alicyclic amines) is 1. The fourth-order valence-electron chi connectivity index (χ4n) is 2.57. The Morgan fingerprint density at radius 1 is 1.50 bits per heavy atom. The van der Waals surface area contributed by atoms with Gasteiger partial charge >= 0.3 is 0 Å². The van der Waals surface area contributed by atoms with Crippen LogP contribution in [0.4, 0.5) is 0 Å². The van der Waals surface area contributed by atoms with Gasteiger partial charge in [0.15, 0.2) is 0 Å². The van der Waals surface area contributed by atoms with Gasteiger partial charge in [-0.25, -0.2) is 0 Å². The summed E-state index contributed by atoms with van der Waals surface area (Å²) >= 11 is 7.76. The number of hydrogen-bond acceptors (Lipinski definition) is 2. The largest absolute Gasteiger partial charge is 0.335 e. The van der Waals surface area contributed by atoms with Crippen LogP contribution in [0.3, 0.4) is 0 Å². The molecule has 4 heteroatoms. The van der Waals surface area contributed by atoms with Gasteiger partial charge in [0, 0.05) is 22.0 Å². The lowest BCUT2D eigenvalue weighted by Gasteiger charge is -2.28. The monoisotopic (exact) mass is 327 g/mol. The van der Waals surface area contributed by atoms with Gasteiger partial charge in [0.25, 0.3) is 5.91 Å². The topological polar surface area (TPSA) is 20.3 Å². The summed E-state index contributed by atoms with van der Waals surface area (Å²) < 4.78 is 0.847. The average molecular weight is 328 g/mol. The molecule has 1 aliphatic heterocycles. The Hall–Kier alpha value is -0.480. The maximum absolute atomic E-state index is 12.6. The van der Waals surface area contributed by atoms with Gasteiger partial charge in [0.2, 0.25) is 0 Å². The van der Waals surface area contributed by atoms with Crippen LogP contribution in [0.25, 0.3) is 0 Å². The maximum atomic E-state index is 12.6. The minimum atomic E-state index is 0.119. The molecule has 1 amide bonds. The quantitative estimate of drug-likeness (QED) is 0.814. The zero-order valence-corrected chi connectivity index (χ0v) is 13.2. The molecule has 0 radical (unpaired) electrons. The SMILES string of the molecule is CC(C)C1CCCN1C(=O)c1cc(S)ccc1Br. The van der Waals surface area contributed by atoms with Crippen LogP contribution in [-0.2, 0) is 0 Å². The van der Waals surface area contributed by atoms with Crippen LogP contribution in [-0.4, -0.2) is 23.4 Å². The molecule has 1 aromatic rings. The molecule has 0 aliphatic carbocycles. The first-order valence-electron chi connectivity index (χ1n) is 6.30. The summed E-state index contributed by atoms with van der Waals surface area (Å²) in [5, 5.41) is 0. The van der Waals surface area contributed by atoms with E-state index in [1.807, 2.05) is 23.1 Å². The molecule has 1 atom stereocenters. The molecule has 0 saturated carbocycles. The second-order valence-corrected chi connectivity index (χ2v) is 6.49. The molecule has 98 valence electrons. The van der Waals surface area contributed by atoms with Crippen molar-refractivity contribution in [2.75, 3.05) is 6.54 Å². The Kier molecular flexibility index (Phi) is 4.38. The van der Waals surface area contributed by atoms with Crippen LogP contribution in [0.5, 0.6) is 0 Å². The molecule has 1 saturated heterocycles. The minimum Gasteiger partial charge on any atom is -0.335 e. The lowest BCUT2D eigenvalue weighted by atomic mass is 10.0. The summed E-state index contributed by atoms with van der Waals surface area (Å²) in [5.74, 6) is 0.628. The molecule has 2 nitrogen and oxygen atoms in total. The van der Waals surface area contributed by atoms with Crippen molar-refractivity contribution in [3.63, 3.8) is 0 Å². The number of amides is 1. The van der Waals surface area contributed by atoms with E-state index in [-0.39, 0.29) is 5.91 Å². The minimum absolute atomic E-state index is 0.119. The maximum Gasteiger partial charge on any atom is 0.255 e. The van der Waals surface area contributed by atoms with Crippen molar-refractivity contribution in [2.45, 2.75) is 37.6 Å². The second-order valence-electron chi connectivity index (χ2n) is 5.12. The van der Waals surface area contributed by atoms with Crippen molar-refractivity contribution < 1.29 is 4.79 Å². The molecule has 1 aromatic carbocycles. The van der Waals surface area contributed by atoms with E-state index in [1.54, 1.807) is 0 Å². The van der Waals surface area contributed by atoms with Crippen molar-refractivity contribution in [2.24, 2.45) is 5.92 Å². The number of carbonyl (C=O) groups excluding carboxylic acids is 1. The van der Waals surface area contributed by atoms with E-state index in [4.69, 9.17) is 0 Å². The van der Waals surface area contributed by atoms with Gasteiger partial charge in [-0.3, -0.25) is 4.79 Å². The smallest absolute Gasteiger partial charge is 0.255 e. The molecule has 1 heterocycles. The number of rotatable bonds is 2. The van der Waals surface area contributed by atoms with Gasteiger partial charge in [-0.1, -0.05) is 13.8 Å². The fraction of sp³-hybridized carbons (Fsp3) is 0.500. The average Bonchev–Trinajstić information content (AvgIpc) is 2.80. The molecular weight excluding hydrogens is 310 g/mol. The Morgan fingerprint density at radius 2 is 2.22 bits per heavy atom. The van der Waals surface area contributed by atoms with Gasteiger partial charge in [-0.15, -0.1) is 12.6 Å². The summed E-state index contributed by atoms with van der Waals surface area (Å²) in [5.41, 5.74) is 0.718. The lowest BCUT2D eigenvalue weighted by Crippen LogP contribution is -2.38. The number of hydrogen-bond donors (Lipinski definition) is 1. The molecule has 1 unspecified atom stereocenters. The van der Waals surface area contributed by atoms with Gasteiger partial charge in [0.1, 0.15) is 0 Å². The molecular formula is C14H18BrNOS. The van der Waals surface area contributed by atoms with Gasteiger partial charge < -0.3 is 4.90 Å². The standard InChI is InChI=1S/C14H18BrNOS/c1-9(2)13-4-3-7-16(13)14(17)11-8-10(18)5-6-12(11)15/h5-6,8-9,13,18H,3-4,7H2,1-2H3. The summed E-state index contributed by atoms with van der Waals surface area (Å²) in [6, 6.07) is 5.97. The van der Waals surface area contributed by atoms with E-state index in [9.17, 15) is 4.79 Å². The molecule has 1 fully saturated rings. The highest BCUT2D eigenvalue weighted by Gasteiger charge is 2.32. The third-order valence-corrected chi connectivity index (χ3v) is 4.48. The van der Waals surface area contributed by atoms with Crippen LogP contribution in [0, 0.1) is 5.92 Å². The zero-order chi connectivity index (χ0) is 13.3. The van der Waals surface area contributed by atoms with Gasteiger partial charge in [-0.2, -0.15) is 0 Å². The van der Waals surface area contributed by atoms with E-state index < -0.39 is 0 Å². The van der Waals surface area contributed by atoms with Gasteiger partial charge in [0.05, 0.1) is 5.56 Å². The first kappa shape index (κ1) is 13.9. The van der Waals surface area contributed by atoms with Crippen molar-refractivity contribution in [1.82, 2.24) is 4.90 Å². The zero-order valence-electron chi connectivity index (χ0n) is 10.7. The molecule has 0 bridgehead atoms. The fourth-order valence-corrected chi connectivity index (χ4v) is 3.19. The van der Waals surface area contributed by atoms with Crippen LogP contribution in [0.1, 0.15) is 37.0 Å². The third-order valence-electron chi connectivity index (χ3n) is 3.51.